The van der Waals surface area contributed by atoms with Crippen LogP contribution in [0.25, 0.3) is 22.6 Å². The number of benzene rings is 1. The molecule has 4 rings (SSSR count). The van der Waals surface area contributed by atoms with Crippen LogP contribution in [0, 0.1) is 5.82 Å². The Morgan fingerprint density at radius 3 is 2.70 bits per heavy atom. The van der Waals surface area contributed by atoms with Crippen molar-refractivity contribution in [1.82, 2.24) is 24.7 Å². The van der Waals surface area contributed by atoms with Gasteiger partial charge in [0.2, 0.25) is 0 Å². The molecule has 3 heterocycles. The lowest BCUT2D eigenvalue weighted by molar-refractivity contribution is -0.142. The number of hydrogen-bond donors (Lipinski definition) is 0. The molecule has 3 aromatic heterocycles. The van der Waals surface area contributed by atoms with Gasteiger partial charge in [0, 0.05) is 17.3 Å². The molecule has 0 amide bonds. The lowest BCUT2D eigenvalue weighted by atomic mass is 10.1. The Morgan fingerprint density at radius 1 is 1.18 bits per heavy atom. The monoisotopic (exact) mass is 475 g/mol. The molecule has 0 aliphatic rings. The van der Waals surface area contributed by atoms with Gasteiger partial charge in [0.05, 0.1) is 25.0 Å². The van der Waals surface area contributed by atoms with Crippen molar-refractivity contribution in [1.29, 1.82) is 0 Å². The first kappa shape index (κ1) is 22.7. The average Bonchev–Trinajstić information content (AvgIpc) is 3.15. The fraction of sp³-hybridized carbons (Fsp3) is 0.227. The predicted molar refractivity (Wildman–Crippen MR) is 114 cm³/mol. The molecule has 0 aliphatic carbocycles. The first-order chi connectivity index (χ1) is 15.9. The lowest BCUT2D eigenvalue weighted by Crippen LogP contribution is -2.13. The van der Waals surface area contributed by atoms with E-state index in [4.69, 9.17) is 16.3 Å². The van der Waals surface area contributed by atoms with Crippen molar-refractivity contribution in [3.63, 3.8) is 0 Å². The maximum atomic E-state index is 14.2. The molecule has 33 heavy (non-hydrogen) atoms. The van der Waals surface area contributed by atoms with Crippen LogP contribution in [0.15, 0.2) is 42.6 Å². The molecule has 0 bridgehead atoms. The summed E-state index contributed by atoms with van der Waals surface area (Å²) in [5.74, 6) is -1.30. The number of hydrogen-bond acceptors (Lipinski definition) is 6. The van der Waals surface area contributed by atoms with Gasteiger partial charge in [-0.2, -0.15) is 5.10 Å². The van der Waals surface area contributed by atoms with Crippen LogP contribution in [0.5, 0.6) is 0 Å². The molecule has 0 saturated heterocycles. The Morgan fingerprint density at radius 2 is 1.97 bits per heavy atom. The molecular weight excluding hydrogens is 459 g/mol. The molecule has 170 valence electrons. The van der Waals surface area contributed by atoms with Crippen LogP contribution < -0.4 is 0 Å². The van der Waals surface area contributed by atoms with Crippen LogP contribution in [0.1, 0.15) is 30.2 Å². The summed E-state index contributed by atoms with van der Waals surface area (Å²) in [7, 11) is 0. The van der Waals surface area contributed by atoms with Crippen LogP contribution >= 0.6 is 11.6 Å². The zero-order valence-electron chi connectivity index (χ0n) is 17.3. The third-order valence-corrected chi connectivity index (χ3v) is 5.13. The first-order valence-corrected chi connectivity index (χ1v) is 10.3. The highest BCUT2D eigenvalue weighted by Gasteiger charge is 2.25. The van der Waals surface area contributed by atoms with E-state index in [2.05, 4.69) is 20.1 Å². The molecule has 0 N–H and O–H groups in total. The first-order valence-electron chi connectivity index (χ1n) is 9.94. The molecule has 1 aromatic carbocycles. The number of aromatic nitrogens is 5. The topological polar surface area (TPSA) is 82.8 Å². The van der Waals surface area contributed by atoms with Crippen molar-refractivity contribution >= 4 is 28.6 Å². The van der Waals surface area contributed by atoms with Gasteiger partial charge in [-0.25, -0.2) is 32.8 Å². The second kappa shape index (κ2) is 9.53. The number of carbonyl (C=O) groups excluding carboxylic acids is 1. The van der Waals surface area contributed by atoms with Gasteiger partial charge in [-0.1, -0.05) is 29.8 Å². The molecule has 0 atom stereocenters. The number of fused-ring (bicyclic) bond motifs is 1. The molecule has 7 nitrogen and oxygen atoms in total. The van der Waals surface area contributed by atoms with Crippen LogP contribution in [-0.4, -0.2) is 37.3 Å². The maximum absolute atomic E-state index is 14.2. The molecule has 0 aliphatic heterocycles. The number of rotatable bonds is 7. The number of nitrogens with zero attached hydrogens (tertiary/aromatic N) is 5. The van der Waals surface area contributed by atoms with E-state index in [0.29, 0.717) is 16.6 Å². The van der Waals surface area contributed by atoms with Gasteiger partial charge in [0.15, 0.2) is 11.5 Å². The van der Waals surface area contributed by atoms with Gasteiger partial charge in [-0.05, 0) is 25.1 Å². The van der Waals surface area contributed by atoms with Crippen molar-refractivity contribution in [2.45, 2.75) is 26.3 Å². The Kier molecular flexibility index (Phi) is 6.55. The van der Waals surface area contributed by atoms with Gasteiger partial charge >= 0.3 is 5.97 Å². The van der Waals surface area contributed by atoms with E-state index in [-0.39, 0.29) is 35.4 Å². The third kappa shape index (κ3) is 4.65. The van der Waals surface area contributed by atoms with Crippen molar-refractivity contribution in [2.75, 3.05) is 6.61 Å². The standard InChI is InChI=1S/C22H17ClF3N5O2/c1-2-33-16(32)10-14-17(20(25)26)28-21(29-19(14)23)18-13-7-5-9-27-22(13)31(30-18)11-12-6-3-4-8-15(12)24/h3-9,20H,2,10-11H2,1H3. The summed E-state index contributed by atoms with van der Waals surface area (Å²) in [6.45, 7) is 1.75. The summed E-state index contributed by atoms with van der Waals surface area (Å²) in [5, 5.41) is 4.60. The van der Waals surface area contributed by atoms with Gasteiger partial charge < -0.3 is 4.74 Å². The van der Waals surface area contributed by atoms with E-state index in [1.807, 2.05) is 0 Å². The highest BCUT2D eigenvalue weighted by molar-refractivity contribution is 6.30. The van der Waals surface area contributed by atoms with E-state index in [1.54, 1.807) is 37.3 Å². The zero-order chi connectivity index (χ0) is 23.5. The van der Waals surface area contributed by atoms with Crippen LogP contribution in [0.4, 0.5) is 13.2 Å². The van der Waals surface area contributed by atoms with Crippen molar-refractivity contribution < 1.29 is 22.7 Å². The number of carbonyl (C=O) groups is 1. The minimum Gasteiger partial charge on any atom is -0.466 e. The molecule has 11 heteroatoms. The molecule has 0 spiro atoms. The highest BCUT2D eigenvalue weighted by Crippen LogP contribution is 2.32. The van der Waals surface area contributed by atoms with E-state index in [1.165, 1.54) is 16.9 Å². The van der Waals surface area contributed by atoms with Gasteiger partial charge in [0.1, 0.15) is 22.4 Å². The quantitative estimate of drug-likeness (QED) is 0.283. The zero-order valence-corrected chi connectivity index (χ0v) is 18.1. The number of halogens is 4. The SMILES string of the molecule is CCOC(=O)Cc1c(Cl)nc(-c2nn(Cc3ccccc3F)c3ncccc23)nc1C(F)F. The van der Waals surface area contributed by atoms with Crippen LogP contribution in [0.2, 0.25) is 5.15 Å². The summed E-state index contributed by atoms with van der Waals surface area (Å²) in [5.41, 5.74) is 0.0301. The largest absolute Gasteiger partial charge is 0.466 e. The molecule has 0 radical (unpaired) electrons. The average molecular weight is 476 g/mol. The Hall–Kier alpha value is -3.53. The lowest BCUT2D eigenvalue weighted by Gasteiger charge is -2.11. The smallest absolute Gasteiger partial charge is 0.310 e. The Balaban J connectivity index is 1.82. The number of alkyl halides is 2. The fourth-order valence-electron chi connectivity index (χ4n) is 3.35. The van der Waals surface area contributed by atoms with Gasteiger partial charge in [-0.15, -0.1) is 0 Å². The summed E-state index contributed by atoms with van der Waals surface area (Å²) >= 11 is 6.19. The molecule has 0 unspecified atom stereocenters. The third-order valence-electron chi connectivity index (χ3n) is 4.82. The van der Waals surface area contributed by atoms with Gasteiger partial charge in [-0.3, -0.25) is 4.79 Å². The minimum atomic E-state index is -3.02. The van der Waals surface area contributed by atoms with Crippen LogP contribution in [-0.2, 0) is 22.5 Å². The van der Waals surface area contributed by atoms with E-state index in [0.717, 1.165) is 0 Å². The van der Waals surface area contributed by atoms with Gasteiger partial charge in [0.25, 0.3) is 6.43 Å². The minimum absolute atomic E-state index is 0.0521. The molecule has 0 fully saturated rings. The van der Waals surface area contributed by atoms with E-state index >= 15 is 0 Å². The Bertz CT molecular complexity index is 1330. The molecular formula is C22H17ClF3N5O2. The number of pyridine rings is 1. The predicted octanol–water partition coefficient (Wildman–Crippen LogP) is 4.77. The fourth-order valence-corrected chi connectivity index (χ4v) is 3.60. The Labute approximate surface area is 191 Å². The second-order valence-electron chi connectivity index (χ2n) is 6.96. The normalized spacial score (nSPS) is 11.3. The van der Waals surface area contributed by atoms with Crippen molar-refractivity contribution in [3.05, 3.63) is 70.4 Å². The molecule has 4 aromatic rings. The van der Waals surface area contributed by atoms with E-state index in [9.17, 15) is 18.0 Å². The number of ether oxygens (including phenoxy) is 1. The summed E-state index contributed by atoms with van der Waals surface area (Å²) < 4.78 is 48.1. The summed E-state index contributed by atoms with van der Waals surface area (Å²) in [6.07, 6.45) is -1.97. The van der Waals surface area contributed by atoms with Crippen molar-refractivity contribution in [2.24, 2.45) is 0 Å². The van der Waals surface area contributed by atoms with Crippen molar-refractivity contribution in [3.8, 4) is 11.5 Å². The highest BCUT2D eigenvalue weighted by atomic mass is 35.5. The van der Waals surface area contributed by atoms with E-state index < -0.39 is 30.3 Å². The van der Waals surface area contributed by atoms with Crippen LogP contribution in [0.3, 0.4) is 0 Å². The maximum Gasteiger partial charge on any atom is 0.310 e. The number of esters is 1. The second-order valence-corrected chi connectivity index (χ2v) is 7.31. The summed E-state index contributed by atoms with van der Waals surface area (Å²) in [6, 6.07) is 9.52. The molecule has 0 saturated carbocycles. The summed E-state index contributed by atoms with van der Waals surface area (Å²) in [4.78, 5) is 24.2.